The minimum absolute atomic E-state index is 0.219. The Kier molecular flexibility index (Phi) is 4.53. The largest absolute Gasteiger partial charge is 0.374 e. The molecule has 0 aliphatic carbocycles. The van der Waals surface area contributed by atoms with Crippen LogP contribution in [0.4, 0.5) is 0 Å². The lowest BCUT2D eigenvalue weighted by Crippen LogP contribution is -2.47. The molecule has 96 valence electrons. The van der Waals surface area contributed by atoms with Crippen molar-refractivity contribution >= 4 is 15.9 Å². The fourth-order valence-electron chi connectivity index (χ4n) is 2.02. The van der Waals surface area contributed by atoms with Gasteiger partial charge in [-0.3, -0.25) is 4.90 Å². The highest BCUT2D eigenvalue weighted by Crippen LogP contribution is 2.10. The third kappa shape index (κ3) is 3.50. The van der Waals surface area contributed by atoms with E-state index in [1.165, 1.54) is 0 Å². The molecule has 1 aromatic heterocycles. The first kappa shape index (κ1) is 13.0. The summed E-state index contributed by atoms with van der Waals surface area (Å²) in [6.07, 6.45) is 2.18. The van der Waals surface area contributed by atoms with E-state index in [0.29, 0.717) is 6.04 Å². The Morgan fingerprint density at radius 2 is 2.41 bits per heavy atom. The maximum Gasteiger partial charge on any atom is 0.0932 e. The average Bonchev–Trinajstić information content (AvgIpc) is 2.77. The normalized spacial score (nSPS) is 22.2. The Bertz CT molecular complexity index is 355. The molecule has 0 bridgehead atoms. The first-order chi connectivity index (χ1) is 8.19. The topological polar surface area (TPSA) is 43.2 Å². The van der Waals surface area contributed by atoms with Crippen LogP contribution in [0.2, 0.25) is 0 Å². The summed E-state index contributed by atoms with van der Waals surface area (Å²) in [5.74, 6) is 0. The molecule has 0 radical (unpaired) electrons. The van der Waals surface area contributed by atoms with Gasteiger partial charge in [0.25, 0.3) is 0 Å². The molecule has 2 rings (SSSR count). The van der Waals surface area contributed by atoms with E-state index >= 15 is 0 Å². The molecule has 5 nitrogen and oxygen atoms in total. The number of aromatic nitrogens is 3. The minimum atomic E-state index is 0.219. The third-order valence-electron chi connectivity index (χ3n) is 3.01. The SMILES string of the molecule is CC(C)N1CCOC(Cn2cc(CBr)nn2)C1. The Balaban J connectivity index is 1.90. The summed E-state index contributed by atoms with van der Waals surface area (Å²) in [4.78, 5) is 2.44. The summed E-state index contributed by atoms with van der Waals surface area (Å²) in [7, 11) is 0. The average molecular weight is 303 g/mol. The van der Waals surface area contributed by atoms with Crippen molar-refractivity contribution in [2.24, 2.45) is 0 Å². The lowest BCUT2D eigenvalue weighted by Gasteiger charge is -2.35. The van der Waals surface area contributed by atoms with Crippen molar-refractivity contribution in [1.29, 1.82) is 0 Å². The Labute approximate surface area is 110 Å². The standard InChI is InChI=1S/C11H19BrN4O/c1-9(2)15-3-4-17-11(7-15)8-16-6-10(5-12)13-14-16/h6,9,11H,3-5,7-8H2,1-2H3. The monoisotopic (exact) mass is 302 g/mol. The second kappa shape index (κ2) is 5.93. The lowest BCUT2D eigenvalue weighted by atomic mass is 10.2. The molecule has 1 aromatic rings. The van der Waals surface area contributed by atoms with Crippen LogP contribution in [0.15, 0.2) is 6.20 Å². The molecule has 1 fully saturated rings. The van der Waals surface area contributed by atoms with E-state index in [-0.39, 0.29) is 6.10 Å². The predicted octanol–water partition coefficient (Wildman–Crippen LogP) is 1.28. The molecule has 1 saturated heterocycles. The van der Waals surface area contributed by atoms with Crippen LogP contribution in [0.1, 0.15) is 19.5 Å². The van der Waals surface area contributed by atoms with E-state index in [1.54, 1.807) is 0 Å². The second-order valence-corrected chi connectivity index (χ2v) is 5.21. The number of hydrogen-bond acceptors (Lipinski definition) is 4. The number of rotatable bonds is 4. The first-order valence-corrected chi connectivity index (χ1v) is 7.12. The van der Waals surface area contributed by atoms with Gasteiger partial charge in [-0.1, -0.05) is 21.1 Å². The minimum Gasteiger partial charge on any atom is -0.374 e. The summed E-state index contributed by atoms with van der Waals surface area (Å²) >= 11 is 3.37. The molecular formula is C11H19BrN4O. The predicted molar refractivity (Wildman–Crippen MR) is 69.1 cm³/mol. The van der Waals surface area contributed by atoms with Gasteiger partial charge in [-0.15, -0.1) is 5.10 Å². The molecule has 0 saturated carbocycles. The van der Waals surface area contributed by atoms with E-state index in [4.69, 9.17) is 4.74 Å². The molecule has 0 amide bonds. The molecule has 0 N–H and O–H groups in total. The molecular weight excluding hydrogens is 284 g/mol. The number of nitrogens with zero attached hydrogens (tertiary/aromatic N) is 4. The van der Waals surface area contributed by atoms with Crippen LogP contribution < -0.4 is 0 Å². The summed E-state index contributed by atoms with van der Waals surface area (Å²) < 4.78 is 7.63. The van der Waals surface area contributed by atoms with E-state index < -0.39 is 0 Å². The lowest BCUT2D eigenvalue weighted by molar-refractivity contribution is -0.0471. The van der Waals surface area contributed by atoms with Crippen LogP contribution >= 0.6 is 15.9 Å². The smallest absolute Gasteiger partial charge is 0.0932 e. The Morgan fingerprint density at radius 1 is 1.59 bits per heavy atom. The number of halogens is 1. The van der Waals surface area contributed by atoms with Gasteiger partial charge in [0.1, 0.15) is 0 Å². The molecule has 6 heteroatoms. The molecule has 1 atom stereocenters. The van der Waals surface area contributed by atoms with Crippen molar-refractivity contribution in [3.05, 3.63) is 11.9 Å². The second-order valence-electron chi connectivity index (χ2n) is 4.65. The van der Waals surface area contributed by atoms with E-state index in [1.807, 2.05) is 10.9 Å². The fourth-order valence-corrected chi connectivity index (χ4v) is 2.28. The van der Waals surface area contributed by atoms with Gasteiger partial charge in [0.15, 0.2) is 0 Å². The van der Waals surface area contributed by atoms with Gasteiger partial charge in [-0.05, 0) is 13.8 Å². The zero-order chi connectivity index (χ0) is 12.3. The van der Waals surface area contributed by atoms with Crippen LogP contribution in [0.3, 0.4) is 0 Å². The van der Waals surface area contributed by atoms with Crippen LogP contribution in [0, 0.1) is 0 Å². The Morgan fingerprint density at radius 3 is 3.06 bits per heavy atom. The zero-order valence-corrected chi connectivity index (χ0v) is 11.9. The van der Waals surface area contributed by atoms with Gasteiger partial charge in [-0.25, -0.2) is 4.68 Å². The molecule has 1 aliphatic heterocycles. The highest BCUT2D eigenvalue weighted by Gasteiger charge is 2.22. The first-order valence-electron chi connectivity index (χ1n) is 5.99. The summed E-state index contributed by atoms with van der Waals surface area (Å²) in [6.45, 7) is 8.03. The van der Waals surface area contributed by atoms with E-state index in [0.717, 1.165) is 37.3 Å². The van der Waals surface area contributed by atoms with Crippen LogP contribution in [-0.2, 0) is 16.6 Å². The molecule has 1 unspecified atom stereocenters. The van der Waals surface area contributed by atoms with Crippen molar-refractivity contribution in [2.75, 3.05) is 19.7 Å². The van der Waals surface area contributed by atoms with Gasteiger partial charge in [0.2, 0.25) is 0 Å². The zero-order valence-electron chi connectivity index (χ0n) is 10.3. The summed E-state index contributed by atoms with van der Waals surface area (Å²) in [6, 6.07) is 0.579. The molecule has 17 heavy (non-hydrogen) atoms. The molecule has 0 aromatic carbocycles. The van der Waals surface area contributed by atoms with Crippen LogP contribution in [0.25, 0.3) is 0 Å². The molecule has 2 heterocycles. The van der Waals surface area contributed by atoms with Gasteiger partial charge < -0.3 is 4.74 Å². The van der Waals surface area contributed by atoms with E-state index in [2.05, 4.69) is 45.0 Å². The quantitative estimate of drug-likeness (QED) is 0.786. The maximum absolute atomic E-state index is 5.76. The van der Waals surface area contributed by atoms with Gasteiger partial charge in [0.05, 0.1) is 24.9 Å². The van der Waals surface area contributed by atoms with Crippen LogP contribution in [-0.4, -0.2) is 51.7 Å². The maximum atomic E-state index is 5.76. The van der Waals surface area contributed by atoms with Gasteiger partial charge in [-0.2, -0.15) is 0 Å². The van der Waals surface area contributed by atoms with Crippen molar-refractivity contribution in [3.8, 4) is 0 Å². The fraction of sp³-hybridized carbons (Fsp3) is 0.818. The van der Waals surface area contributed by atoms with Crippen molar-refractivity contribution in [3.63, 3.8) is 0 Å². The summed E-state index contributed by atoms with van der Waals surface area (Å²) in [5, 5.41) is 8.89. The summed E-state index contributed by atoms with van der Waals surface area (Å²) in [5.41, 5.74) is 0.960. The van der Waals surface area contributed by atoms with Crippen molar-refractivity contribution in [2.45, 2.75) is 37.9 Å². The highest BCUT2D eigenvalue weighted by molar-refractivity contribution is 9.08. The number of hydrogen-bond donors (Lipinski definition) is 0. The molecule has 1 aliphatic rings. The number of morpholine rings is 1. The van der Waals surface area contributed by atoms with Gasteiger partial charge >= 0.3 is 0 Å². The highest BCUT2D eigenvalue weighted by atomic mass is 79.9. The van der Waals surface area contributed by atoms with Crippen molar-refractivity contribution in [1.82, 2.24) is 19.9 Å². The van der Waals surface area contributed by atoms with Crippen LogP contribution in [0.5, 0.6) is 0 Å². The van der Waals surface area contributed by atoms with Crippen molar-refractivity contribution < 1.29 is 4.74 Å². The van der Waals surface area contributed by atoms with Gasteiger partial charge in [0, 0.05) is 30.7 Å². The number of ether oxygens (including phenoxy) is 1. The Hall–Kier alpha value is -0.460. The van der Waals surface area contributed by atoms with E-state index in [9.17, 15) is 0 Å². The number of alkyl halides is 1. The molecule has 0 spiro atoms. The third-order valence-corrected chi connectivity index (χ3v) is 3.59.